The van der Waals surface area contributed by atoms with Crippen LogP contribution in [-0.2, 0) is 21.2 Å². The van der Waals surface area contributed by atoms with E-state index in [1.807, 2.05) is 19.1 Å². The zero-order valence-electron chi connectivity index (χ0n) is 18.1. The molecule has 31 heavy (non-hydrogen) atoms. The minimum Gasteiger partial charge on any atom is -0.496 e. The fraction of sp³-hybridized carbons (Fsp3) is 0.435. The number of sulfonamides is 1. The van der Waals surface area contributed by atoms with Gasteiger partial charge in [-0.2, -0.15) is 4.31 Å². The zero-order valence-corrected chi connectivity index (χ0v) is 18.9. The van der Waals surface area contributed by atoms with Crippen LogP contribution < -0.4 is 14.8 Å². The number of nitrogens with zero attached hydrogens (tertiary/aromatic N) is 1. The van der Waals surface area contributed by atoms with Crippen LogP contribution in [0.3, 0.4) is 0 Å². The number of hydrogen-bond donors (Lipinski definition) is 1. The Morgan fingerprint density at radius 1 is 1.10 bits per heavy atom. The van der Waals surface area contributed by atoms with E-state index in [0.717, 1.165) is 19.3 Å². The van der Waals surface area contributed by atoms with Gasteiger partial charge in [-0.1, -0.05) is 12.5 Å². The number of piperidine rings is 1. The van der Waals surface area contributed by atoms with Gasteiger partial charge in [-0.25, -0.2) is 8.42 Å². The summed E-state index contributed by atoms with van der Waals surface area (Å²) in [7, 11) is -2.00. The Balaban J connectivity index is 1.69. The van der Waals surface area contributed by atoms with Gasteiger partial charge in [0.15, 0.2) is 0 Å². The van der Waals surface area contributed by atoms with Crippen LogP contribution in [0.4, 0.5) is 5.69 Å². The molecule has 1 aliphatic heterocycles. The fourth-order valence-corrected chi connectivity index (χ4v) is 5.24. The molecule has 1 fully saturated rings. The third-order valence-corrected chi connectivity index (χ3v) is 7.15. The van der Waals surface area contributed by atoms with E-state index in [1.54, 1.807) is 34.6 Å². The summed E-state index contributed by atoms with van der Waals surface area (Å²) in [5.41, 5.74) is 1.35. The largest absolute Gasteiger partial charge is 0.496 e. The quantitative estimate of drug-likeness (QED) is 0.633. The number of methoxy groups -OCH3 is 1. The Hall–Kier alpha value is -2.58. The van der Waals surface area contributed by atoms with Crippen LogP contribution in [0, 0.1) is 0 Å². The van der Waals surface area contributed by atoms with Gasteiger partial charge in [0.2, 0.25) is 15.9 Å². The lowest BCUT2D eigenvalue weighted by atomic mass is 10.1. The first-order valence-corrected chi connectivity index (χ1v) is 12.1. The van der Waals surface area contributed by atoms with Crippen molar-refractivity contribution in [3.8, 4) is 11.5 Å². The summed E-state index contributed by atoms with van der Waals surface area (Å²) in [6.45, 7) is 3.55. The maximum atomic E-state index is 13.0. The molecular formula is C23H30N2O5S. The molecule has 0 saturated carbocycles. The highest BCUT2D eigenvalue weighted by Crippen LogP contribution is 2.27. The summed E-state index contributed by atoms with van der Waals surface area (Å²) in [4.78, 5) is 12.7. The van der Waals surface area contributed by atoms with Gasteiger partial charge in [-0.15, -0.1) is 0 Å². The number of carbonyl (C=O) groups is 1. The molecule has 7 nitrogen and oxygen atoms in total. The number of ether oxygens (including phenoxy) is 2. The van der Waals surface area contributed by atoms with Crippen LogP contribution in [0.25, 0.3) is 0 Å². The molecule has 3 rings (SSSR count). The number of benzene rings is 2. The van der Waals surface area contributed by atoms with E-state index in [1.165, 1.54) is 7.11 Å². The van der Waals surface area contributed by atoms with Crippen LogP contribution >= 0.6 is 0 Å². The average Bonchev–Trinajstić information content (AvgIpc) is 2.78. The molecule has 1 amide bonds. The highest BCUT2D eigenvalue weighted by molar-refractivity contribution is 7.89. The second-order valence-corrected chi connectivity index (χ2v) is 9.39. The van der Waals surface area contributed by atoms with Crippen molar-refractivity contribution in [1.82, 2.24) is 4.31 Å². The van der Waals surface area contributed by atoms with Crippen molar-refractivity contribution in [2.45, 2.75) is 43.9 Å². The van der Waals surface area contributed by atoms with E-state index in [0.29, 0.717) is 48.9 Å². The molecular weight excluding hydrogens is 416 g/mol. The Kier molecular flexibility index (Phi) is 7.92. The van der Waals surface area contributed by atoms with E-state index in [-0.39, 0.29) is 17.2 Å². The molecule has 8 heteroatoms. The number of carbonyl (C=O) groups excluding carboxylic acids is 1. The highest BCUT2D eigenvalue weighted by Gasteiger charge is 2.26. The summed E-state index contributed by atoms with van der Waals surface area (Å²) in [6, 6.07) is 12.1. The SMILES string of the molecule is CCOc1cccc(NC(=O)CCc2cc(S(=O)(=O)N3CCCCC3)ccc2OC)c1. The number of nitrogens with one attached hydrogen (secondary N) is 1. The molecule has 2 aromatic carbocycles. The summed E-state index contributed by atoms with van der Waals surface area (Å²) in [5.74, 6) is 1.10. The number of hydrogen-bond acceptors (Lipinski definition) is 5. The molecule has 1 saturated heterocycles. The molecule has 0 unspecified atom stereocenters. The van der Waals surface area contributed by atoms with Crippen molar-refractivity contribution in [2.75, 3.05) is 32.1 Å². The number of rotatable bonds is 9. The second-order valence-electron chi connectivity index (χ2n) is 7.45. The Morgan fingerprint density at radius 2 is 1.87 bits per heavy atom. The molecule has 0 radical (unpaired) electrons. The van der Waals surface area contributed by atoms with Crippen LogP contribution in [0.2, 0.25) is 0 Å². The van der Waals surface area contributed by atoms with Gasteiger partial charge in [0.1, 0.15) is 11.5 Å². The Labute approximate surface area is 184 Å². The Morgan fingerprint density at radius 3 is 2.58 bits per heavy atom. The lowest BCUT2D eigenvalue weighted by Gasteiger charge is -2.26. The molecule has 1 N–H and O–H groups in total. The van der Waals surface area contributed by atoms with Crippen LogP contribution in [-0.4, -0.2) is 45.4 Å². The van der Waals surface area contributed by atoms with E-state index in [9.17, 15) is 13.2 Å². The maximum absolute atomic E-state index is 13.0. The maximum Gasteiger partial charge on any atom is 0.243 e. The topological polar surface area (TPSA) is 84.9 Å². The van der Waals surface area contributed by atoms with Crippen LogP contribution in [0.15, 0.2) is 47.4 Å². The van der Waals surface area contributed by atoms with Gasteiger partial charge in [0, 0.05) is 31.3 Å². The van der Waals surface area contributed by atoms with E-state index < -0.39 is 10.0 Å². The van der Waals surface area contributed by atoms with Crippen molar-refractivity contribution in [1.29, 1.82) is 0 Å². The Bertz CT molecular complexity index is 1000. The highest BCUT2D eigenvalue weighted by atomic mass is 32.2. The molecule has 0 aliphatic carbocycles. The number of anilines is 1. The molecule has 0 aromatic heterocycles. The smallest absolute Gasteiger partial charge is 0.243 e. The van der Waals surface area contributed by atoms with Gasteiger partial charge in [-0.3, -0.25) is 4.79 Å². The lowest BCUT2D eigenvalue weighted by Crippen LogP contribution is -2.35. The van der Waals surface area contributed by atoms with E-state index >= 15 is 0 Å². The minimum atomic E-state index is -3.54. The van der Waals surface area contributed by atoms with Crippen molar-refractivity contribution in [2.24, 2.45) is 0 Å². The third-order valence-electron chi connectivity index (χ3n) is 5.25. The average molecular weight is 447 g/mol. The summed E-state index contributed by atoms with van der Waals surface area (Å²) in [5, 5.41) is 2.86. The first kappa shape index (κ1) is 23.1. The van der Waals surface area contributed by atoms with Gasteiger partial charge >= 0.3 is 0 Å². The first-order valence-electron chi connectivity index (χ1n) is 10.6. The molecule has 1 aliphatic rings. The predicted molar refractivity (Wildman–Crippen MR) is 120 cm³/mol. The molecule has 0 spiro atoms. The molecule has 2 aromatic rings. The van der Waals surface area contributed by atoms with Crippen molar-refractivity contribution in [3.63, 3.8) is 0 Å². The number of aryl methyl sites for hydroxylation is 1. The molecule has 168 valence electrons. The molecule has 1 heterocycles. The normalized spacial score (nSPS) is 14.8. The molecule has 0 bridgehead atoms. The van der Waals surface area contributed by atoms with Gasteiger partial charge in [-0.05, 0) is 62.1 Å². The van der Waals surface area contributed by atoms with Crippen molar-refractivity contribution >= 4 is 21.6 Å². The summed E-state index contributed by atoms with van der Waals surface area (Å²) >= 11 is 0. The summed E-state index contributed by atoms with van der Waals surface area (Å²) < 4.78 is 38.4. The molecule has 0 atom stereocenters. The van der Waals surface area contributed by atoms with E-state index in [4.69, 9.17) is 9.47 Å². The second kappa shape index (κ2) is 10.6. The monoisotopic (exact) mass is 446 g/mol. The van der Waals surface area contributed by atoms with Crippen LogP contribution in [0.5, 0.6) is 11.5 Å². The first-order chi connectivity index (χ1) is 14.9. The van der Waals surface area contributed by atoms with E-state index in [2.05, 4.69) is 5.32 Å². The van der Waals surface area contributed by atoms with Gasteiger partial charge in [0.05, 0.1) is 18.6 Å². The standard InChI is InChI=1S/C23H30N2O5S/c1-3-30-20-9-7-8-19(17-20)24-23(26)13-10-18-16-21(11-12-22(18)29-2)31(27,28)25-14-5-4-6-15-25/h7-9,11-12,16-17H,3-6,10,13-15H2,1-2H3,(H,24,26). The van der Waals surface area contributed by atoms with Gasteiger partial charge in [0.25, 0.3) is 0 Å². The van der Waals surface area contributed by atoms with Crippen molar-refractivity contribution < 1.29 is 22.7 Å². The van der Waals surface area contributed by atoms with Gasteiger partial charge < -0.3 is 14.8 Å². The zero-order chi connectivity index (χ0) is 22.3. The predicted octanol–water partition coefficient (Wildman–Crippen LogP) is 3.84. The fourth-order valence-electron chi connectivity index (χ4n) is 3.67. The lowest BCUT2D eigenvalue weighted by molar-refractivity contribution is -0.116. The minimum absolute atomic E-state index is 0.167. The third kappa shape index (κ3) is 5.98. The number of amides is 1. The summed E-state index contributed by atoms with van der Waals surface area (Å²) in [6.07, 6.45) is 3.38. The van der Waals surface area contributed by atoms with Crippen LogP contribution in [0.1, 0.15) is 38.2 Å². The van der Waals surface area contributed by atoms with Crippen molar-refractivity contribution in [3.05, 3.63) is 48.0 Å².